The number of carbonyl (C=O) groups excluding carboxylic acids is 1. The minimum atomic E-state index is -0.574. The Labute approximate surface area is 118 Å². The van der Waals surface area contributed by atoms with Gasteiger partial charge in [0.25, 0.3) is 5.69 Å². The van der Waals surface area contributed by atoms with Gasteiger partial charge in [0.15, 0.2) is 0 Å². The molecule has 0 radical (unpaired) electrons. The Morgan fingerprint density at radius 3 is 3.00 bits per heavy atom. The second kappa shape index (κ2) is 5.77. The van der Waals surface area contributed by atoms with E-state index in [9.17, 15) is 14.9 Å². The Hall–Kier alpha value is -2.31. The van der Waals surface area contributed by atoms with Gasteiger partial charge in [-0.25, -0.2) is 0 Å². The monoisotopic (exact) mass is 295 g/mol. The van der Waals surface area contributed by atoms with Crippen LogP contribution in [-0.4, -0.2) is 23.9 Å². The first-order valence-corrected chi connectivity index (χ1v) is 6.16. The molecule has 0 N–H and O–H groups in total. The summed E-state index contributed by atoms with van der Waals surface area (Å²) in [5, 5.41) is 14.6. The third kappa shape index (κ3) is 2.66. The van der Waals surface area contributed by atoms with E-state index < -0.39 is 4.92 Å². The zero-order valence-corrected chi connectivity index (χ0v) is 11.0. The molecule has 8 nitrogen and oxygen atoms in total. The highest BCUT2D eigenvalue weighted by atomic mass is 35.5. The third-order valence-corrected chi connectivity index (χ3v) is 3.35. The van der Waals surface area contributed by atoms with Gasteiger partial charge in [0.05, 0.1) is 9.95 Å². The maximum absolute atomic E-state index is 12.0. The van der Waals surface area contributed by atoms with E-state index in [1.807, 2.05) is 0 Å². The summed E-state index contributed by atoms with van der Waals surface area (Å²) < 4.78 is 0. The highest BCUT2D eigenvalue weighted by Gasteiger charge is 2.35. The van der Waals surface area contributed by atoms with Crippen LogP contribution in [0.3, 0.4) is 0 Å². The van der Waals surface area contributed by atoms with Gasteiger partial charge in [-0.15, -0.1) is 0 Å². The molecule has 9 heteroatoms. The first kappa shape index (κ1) is 14.1. The second-order valence-corrected chi connectivity index (χ2v) is 4.76. The van der Waals surface area contributed by atoms with Crippen LogP contribution in [0, 0.1) is 16.0 Å². The number of benzene rings is 1. The second-order valence-electron chi connectivity index (χ2n) is 4.35. The lowest BCUT2D eigenvalue weighted by atomic mass is 10.1. The highest BCUT2D eigenvalue weighted by Crippen LogP contribution is 2.38. The van der Waals surface area contributed by atoms with Crippen molar-refractivity contribution in [3.05, 3.63) is 43.8 Å². The first-order chi connectivity index (χ1) is 9.54. The lowest BCUT2D eigenvalue weighted by molar-refractivity contribution is -0.384. The van der Waals surface area contributed by atoms with Crippen LogP contribution in [0.15, 0.2) is 23.3 Å². The van der Waals surface area contributed by atoms with Gasteiger partial charge in [-0.05, 0) is 17.5 Å². The van der Waals surface area contributed by atoms with E-state index >= 15 is 0 Å². The van der Waals surface area contributed by atoms with Crippen molar-refractivity contribution in [2.24, 2.45) is 11.0 Å². The van der Waals surface area contributed by atoms with E-state index in [1.54, 1.807) is 0 Å². The third-order valence-electron chi connectivity index (χ3n) is 3.04. The van der Waals surface area contributed by atoms with Crippen LogP contribution < -0.4 is 4.90 Å². The topological polar surface area (TPSA) is 112 Å². The van der Waals surface area contributed by atoms with E-state index in [2.05, 4.69) is 10.0 Å². The van der Waals surface area contributed by atoms with Crippen LogP contribution in [0.2, 0.25) is 5.02 Å². The smallest absolute Gasteiger partial charge is 0.294 e. The summed E-state index contributed by atoms with van der Waals surface area (Å²) >= 11 is 5.99. The lowest BCUT2D eigenvalue weighted by Gasteiger charge is -2.17. The molecule has 20 heavy (non-hydrogen) atoms. The van der Waals surface area contributed by atoms with Crippen molar-refractivity contribution in [3.63, 3.8) is 0 Å². The molecular weight excluding hydrogens is 286 g/mol. The van der Waals surface area contributed by atoms with E-state index in [1.165, 1.54) is 23.1 Å². The van der Waals surface area contributed by atoms with Crippen LogP contribution in [-0.2, 0) is 4.79 Å². The number of para-hydroxylation sites is 1. The van der Waals surface area contributed by atoms with Crippen molar-refractivity contribution in [1.82, 2.24) is 0 Å². The first-order valence-electron chi connectivity index (χ1n) is 5.78. The number of nitrogens with zero attached hydrogens (tertiary/aromatic N) is 5. The van der Waals surface area contributed by atoms with Crippen molar-refractivity contribution >= 4 is 28.9 Å². The van der Waals surface area contributed by atoms with E-state index in [0.717, 1.165) is 0 Å². The number of nitro groups is 1. The van der Waals surface area contributed by atoms with Gasteiger partial charge in [-0.2, -0.15) is 0 Å². The van der Waals surface area contributed by atoms with Gasteiger partial charge in [0.1, 0.15) is 5.69 Å². The summed E-state index contributed by atoms with van der Waals surface area (Å²) in [5.74, 6) is -0.423. The number of carbonyl (C=O) groups is 1. The maximum Gasteiger partial charge on any atom is 0.294 e. The minimum absolute atomic E-state index is 0.104. The molecule has 2 rings (SSSR count). The van der Waals surface area contributed by atoms with Gasteiger partial charge in [0.2, 0.25) is 5.91 Å². The molecule has 1 fully saturated rings. The molecular formula is C11H10ClN5O3. The Bertz CT molecular complexity index is 614. The predicted molar refractivity (Wildman–Crippen MR) is 72.6 cm³/mol. The summed E-state index contributed by atoms with van der Waals surface area (Å²) in [6, 6.07) is 4.26. The van der Waals surface area contributed by atoms with E-state index in [4.69, 9.17) is 17.1 Å². The number of hydrogen-bond donors (Lipinski definition) is 0. The number of amides is 1. The van der Waals surface area contributed by atoms with Gasteiger partial charge in [-0.3, -0.25) is 14.9 Å². The van der Waals surface area contributed by atoms with E-state index in [-0.39, 0.29) is 47.7 Å². The Kier molecular flexibility index (Phi) is 4.07. The average Bonchev–Trinajstić information content (AvgIpc) is 2.77. The number of rotatable bonds is 4. The number of halogens is 1. The average molecular weight is 296 g/mol. The summed E-state index contributed by atoms with van der Waals surface area (Å²) in [5.41, 5.74) is 8.18. The molecule has 1 atom stereocenters. The molecule has 1 aliphatic heterocycles. The molecule has 1 amide bonds. The zero-order valence-electron chi connectivity index (χ0n) is 10.3. The zero-order chi connectivity index (χ0) is 14.7. The quantitative estimate of drug-likeness (QED) is 0.280. The molecule has 1 heterocycles. The van der Waals surface area contributed by atoms with Crippen molar-refractivity contribution in [2.75, 3.05) is 18.0 Å². The van der Waals surface area contributed by atoms with E-state index in [0.29, 0.717) is 0 Å². The molecule has 1 saturated heterocycles. The number of hydrogen-bond acceptors (Lipinski definition) is 4. The normalized spacial score (nSPS) is 17.9. The molecule has 0 saturated carbocycles. The van der Waals surface area contributed by atoms with Gasteiger partial charge < -0.3 is 4.90 Å². The Balaban J connectivity index is 2.35. The van der Waals surface area contributed by atoms with Crippen molar-refractivity contribution in [3.8, 4) is 0 Å². The molecule has 1 unspecified atom stereocenters. The van der Waals surface area contributed by atoms with Crippen molar-refractivity contribution in [2.45, 2.75) is 6.42 Å². The molecule has 0 aromatic heterocycles. The fraction of sp³-hybridized carbons (Fsp3) is 0.364. The standard InChI is InChI=1S/C11H10ClN5O3/c12-8-2-1-3-9(17(19)20)11(8)16-6-7(4-10(16)18)5-14-15-13/h1-3,7H,4-6H2. The molecule has 0 spiro atoms. The van der Waals surface area contributed by atoms with Crippen LogP contribution in [0.1, 0.15) is 6.42 Å². The van der Waals surface area contributed by atoms with Crippen LogP contribution >= 0.6 is 11.6 Å². The summed E-state index contributed by atoms with van der Waals surface area (Å²) in [6.07, 6.45) is 0.182. The Morgan fingerprint density at radius 1 is 1.60 bits per heavy atom. The molecule has 1 aliphatic rings. The molecule has 0 bridgehead atoms. The number of azide groups is 1. The lowest BCUT2D eigenvalue weighted by Crippen LogP contribution is -2.26. The Morgan fingerprint density at radius 2 is 2.35 bits per heavy atom. The highest BCUT2D eigenvalue weighted by molar-refractivity contribution is 6.34. The van der Waals surface area contributed by atoms with Crippen molar-refractivity contribution < 1.29 is 9.72 Å². The molecule has 0 aliphatic carbocycles. The molecule has 1 aromatic rings. The van der Waals surface area contributed by atoms with Crippen LogP contribution in [0.5, 0.6) is 0 Å². The van der Waals surface area contributed by atoms with Crippen LogP contribution in [0.4, 0.5) is 11.4 Å². The fourth-order valence-corrected chi connectivity index (χ4v) is 2.46. The molecule has 104 valence electrons. The largest absolute Gasteiger partial charge is 0.305 e. The number of nitro benzene ring substituents is 1. The SMILES string of the molecule is [N-]=[N+]=NCC1CC(=O)N(c2c(Cl)cccc2[N+](=O)[O-])C1. The minimum Gasteiger partial charge on any atom is -0.305 e. The van der Waals surface area contributed by atoms with Gasteiger partial charge >= 0.3 is 0 Å². The summed E-state index contributed by atoms with van der Waals surface area (Å²) in [4.78, 5) is 26.4. The maximum atomic E-state index is 12.0. The van der Waals surface area contributed by atoms with Gasteiger partial charge in [-0.1, -0.05) is 22.8 Å². The predicted octanol–water partition coefficient (Wildman–Crippen LogP) is 2.91. The summed E-state index contributed by atoms with van der Waals surface area (Å²) in [7, 11) is 0. The van der Waals surface area contributed by atoms with Gasteiger partial charge in [0, 0.05) is 30.5 Å². The summed E-state index contributed by atoms with van der Waals surface area (Å²) in [6.45, 7) is 0.430. The number of anilines is 1. The fourth-order valence-electron chi connectivity index (χ4n) is 2.19. The van der Waals surface area contributed by atoms with Crippen LogP contribution in [0.25, 0.3) is 10.4 Å². The van der Waals surface area contributed by atoms with Crippen molar-refractivity contribution in [1.29, 1.82) is 0 Å². The molecule has 1 aromatic carbocycles.